The van der Waals surface area contributed by atoms with Crippen LogP contribution < -0.4 is 5.73 Å². The van der Waals surface area contributed by atoms with Crippen molar-refractivity contribution >= 4 is 47.4 Å². The first-order chi connectivity index (χ1) is 18.0. The number of hydrogen-bond acceptors (Lipinski definition) is 14. The molecule has 204 valence electrons. The SMILES string of the molecule is CC(=O)OC[C@H]1O[C@@H](n2cnc(C(=O)OSCc3ccc([N+](=O)[O-])cc3)c2N)[C@H](OC(C)=O)[C@@H]1OC(C)=O. The average Bonchev–Trinajstić information content (AvgIpc) is 3.37. The monoisotopic (exact) mass is 552 g/mol. The molecule has 1 fully saturated rings. The molecule has 0 amide bonds. The lowest BCUT2D eigenvalue weighted by molar-refractivity contribution is -0.384. The summed E-state index contributed by atoms with van der Waals surface area (Å²) in [7, 11) is 0. The van der Waals surface area contributed by atoms with Gasteiger partial charge in [0.1, 0.15) is 18.5 Å². The van der Waals surface area contributed by atoms with Gasteiger partial charge in [-0.3, -0.25) is 29.1 Å². The maximum Gasteiger partial charge on any atom is 0.372 e. The Hall–Kier alpha value is -4.18. The molecule has 0 radical (unpaired) electrons. The molecule has 2 aromatic rings. The van der Waals surface area contributed by atoms with Crippen LogP contribution in [0.3, 0.4) is 0 Å². The zero-order chi connectivity index (χ0) is 28.0. The number of anilines is 1. The van der Waals surface area contributed by atoms with Crippen molar-refractivity contribution in [2.24, 2.45) is 0 Å². The number of non-ortho nitro benzene ring substituents is 1. The molecule has 0 saturated carbocycles. The number of carbonyl (C=O) groups excluding carboxylic acids is 4. The Morgan fingerprint density at radius 1 is 1.08 bits per heavy atom. The largest absolute Gasteiger partial charge is 0.463 e. The highest BCUT2D eigenvalue weighted by atomic mass is 32.2. The van der Waals surface area contributed by atoms with Crippen LogP contribution in [-0.2, 0) is 43.3 Å². The number of nitrogens with two attached hydrogens (primary N) is 1. The van der Waals surface area contributed by atoms with Crippen LogP contribution in [0.25, 0.3) is 0 Å². The van der Waals surface area contributed by atoms with Crippen LogP contribution >= 0.6 is 12.0 Å². The van der Waals surface area contributed by atoms with Crippen LogP contribution in [-0.4, -0.2) is 63.3 Å². The summed E-state index contributed by atoms with van der Waals surface area (Å²) in [6.07, 6.45) is -3.42. The average molecular weight is 553 g/mol. The number of ether oxygens (including phenoxy) is 4. The molecule has 1 aliphatic heterocycles. The molecule has 0 spiro atoms. The van der Waals surface area contributed by atoms with Crippen molar-refractivity contribution in [2.75, 3.05) is 12.3 Å². The lowest BCUT2D eigenvalue weighted by Gasteiger charge is -2.24. The highest BCUT2D eigenvalue weighted by Crippen LogP contribution is 2.36. The molecule has 2 heterocycles. The third kappa shape index (κ3) is 6.98. The van der Waals surface area contributed by atoms with Gasteiger partial charge in [-0.15, -0.1) is 0 Å². The molecule has 2 N–H and O–H groups in total. The second kappa shape index (κ2) is 12.4. The summed E-state index contributed by atoms with van der Waals surface area (Å²) in [6.45, 7) is 3.16. The first kappa shape index (κ1) is 28.4. The van der Waals surface area contributed by atoms with E-state index in [1.165, 1.54) is 35.8 Å². The molecule has 0 aliphatic carbocycles. The van der Waals surface area contributed by atoms with Gasteiger partial charge >= 0.3 is 23.9 Å². The van der Waals surface area contributed by atoms with Crippen LogP contribution in [0.5, 0.6) is 0 Å². The molecule has 15 nitrogen and oxygen atoms in total. The van der Waals surface area contributed by atoms with E-state index in [-0.39, 0.29) is 29.6 Å². The number of rotatable bonds is 10. The molecule has 16 heteroatoms. The van der Waals surface area contributed by atoms with Gasteiger partial charge in [-0.2, -0.15) is 0 Å². The Morgan fingerprint density at radius 3 is 2.29 bits per heavy atom. The van der Waals surface area contributed by atoms with Crippen LogP contribution in [0.4, 0.5) is 11.5 Å². The van der Waals surface area contributed by atoms with Gasteiger partial charge in [-0.1, -0.05) is 12.1 Å². The maximum atomic E-state index is 12.6. The van der Waals surface area contributed by atoms with Crippen molar-refractivity contribution in [2.45, 2.75) is 51.1 Å². The van der Waals surface area contributed by atoms with Gasteiger partial charge in [0.15, 0.2) is 24.1 Å². The number of hydrogen-bond donors (Lipinski definition) is 1. The number of nitrogens with zero attached hydrogens (tertiary/aromatic N) is 3. The molecule has 0 unspecified atom stereocenters. The number of nitro groups is 1. The van der Waals surface area contributed by atoms with Crippen molar-refractivity contribution in [3.63, 3.8) is 0 Å². The van der Waals surface area contributed by atoms with Gasteiger partial charge in [-0.05, 0) is 5.56 Å². The second-order valence-corrected chi connectivity index (χ2v) is 8.65. The van der Waals surface area contributed by atoms with E-state index < -0.39 is 53.3 Å². The highest BCUT2D eigenvalue weighted by Gasteiger charge is 2.51. The molecule has 3 rings (SSSR count). The quantitative estimate of drug-likeness (QED) is 0.147. The predicted octanol–water partition coefficient (Wildman–Crippen LogP) is 1.70. The summed E-state index contributed by atoms with van der Waals surface area (Å²) >= 11 is 0.769. The van der Waals surface area contributed by atoms with Crippen molar-refractivity contribution in [3.05, 3.63) is 52.0 Å². The van der Waals surface area contributed by atoms with Gasteiger partial charge < -0.3 is 28.9 Å². The number of nitrogen functional groups attached to an aromatic ring is 1. The van der Waals surface area contributed by atoms with E-state index in [2.05, 4.69) is 4.98 Å². The number of nitro benzene ring substituents is 1. The lowest BCUT2D eigenvalue weighted by atomic mass is 10.1. The van der Waals surface area contributed by atoms with Crippen molar-refractivity contribution in [1.29, 1.82) is 0 Å². The van der Waals surface area contributed by atoms with Crippen molar-refractivity contribution in [3.8, 4) is 0 Å². The molecular weight excluding hydrogens is 528 g/mol. The maximum absolute atomic E-state index is 12.6. The molecule has 1 aromatic carbocycles. The molecule has 38 heavy (non-hydrogen) atoms. The van der Waals surface area contributed by atoms with Crippen LogP contribution in [0.2, 0.25) is 0 Å². The Labute approximate surface area is 219 Å². The van der Waals surface area contributed by atoms with E-state index in [0.717, 1.165) is 32.2 Å². The summed E-state index contributed by atoms with van der Waals surface area (Å²) in [6, 6.07) is 5.72. The molecular formula is C22H24N4O11S. The summed E-state index contributed by atoms with van der Waals surface area (Å²) in [5.41, 5.74) is 6.47. The first-order valence-corrected chi connectivity index (χ1v) is 11.9. The minimum atomic E-state index is -1.21. The van der Waals surface area contributed by atoms with Gasteiger partial charge in [-0.25, -0.2) is 9.78 Å². The van der Waals surface area contributed by atoms with Crippen LogP contribution in [0, 0.1) is 10.1 Å². The molecule has 1 aliphatic rings. The van der Waals surface area contributed by atoms with E-state index in [9.17, 15) is 29.3 Å². The number of aromatic nitrogens is 2. The summed E-state index contributed by atoms with van der Waals surface area (Å²) < 4.78 is 27.8. The lowest BCUT2D eigenvalue weighted by Crippen LogP contribution is -2.40. The molecule has 1 aromatic heterocycles. The second-order valence-electron chi connectivity index (χ2n) is 7.96. The Morgan fingerprint density at radius 2 is 1.71 bits per heavy atom. The Balaban J connectivity index is 1.75. The van der Waals surface area contributed by atoms with E-state index in [4.69, 9.17) is 28.9 Å². The third-order valence-electron chi connectivity index (χ3n) is 5.15. The zero-order valence-electron chi connectivity index (χ0n) is 20.4. The van der Waals surface area contributed by atoms with E-state index in [1.54, 1.807) is 0 Å². The predicted molar refractivity (Wildman–Crippen MR) is 128 cm³/mol. The molecule has 4 atom stereocenters. The van der Waals surface area contributed by atoms with Gasteiger partial charge in [0, 0.05) is 32.9 Å². The van der Waals surface area contributed by atoms with Crippen LogP contribution in [0.1, 0.15) is 43.1 Å². The van der Waals surface area contributed by atoms with E-state index >= 15 is 0 Å². The molecule has 1 saturated heterocycles. The Bertz CT molecular complexity index is 1220. The third-order valence-corrected chi connectivity index (χ3v) is 5.87. The fourth-order valence-electron chi connectivity index (χ4n) is 3.55. The topological polar surface area (TPSA) is 201 Å². The number of esters is 3. The minimum absolute atomic E-state index is 0.0683. The summed E-state index contributed by atoms with van der Waals surface area (Å²) in [5, 5.41) is 10.8. The van der Waals surface area contributed by atoms with Gasteiger partial charge in [0.2, 0.25) is 0 Å². The Kier molecular flexibility index (Phi) is 9.25. The standard InChI is InChI=1S/C22H24N4O11S/c1-11(27)33-8-16-18(34-12(2)28)19(35-13(3)29)21(36-16)25-10-24-17(20(25)23)22(30)37-38-9-14-4-6-15(7-5-14)26(31)32/h4-7,10,16,18-19,21H,8-9,23H2,1-3H3/t16-,18-,19-,21-/m1/s1. The number of benzene rings is 1. The normalized spacial score (nSPS) is 20.4. The van der Waals surface area contributed by atoms with E-state index in [1.807, 2.05) is 0 Å². The van der Waals surface area contributed by atoms with Crippen molar-refractivity contribution in [1.82, 2.24) is 9.55 Å². The van der Waals surface area contributed by atoms with E-state index in [0.29, 0.717) is 5.56 Å². The minimum Gasteiger partial charge on any atom is -0.463 e. The number of imidazole rings is 1. The molecule has 0 bridgehead atoms. The number of carbonyl (C=O) groups is 4. The fourth-order valence-corrected chi connectivity index (χ4v) is 4.13. The van der Waals surface area contributed by atoms with Crippen molar-refractivity contribution < 1.29 is 47.2 Å². The first-order valence-electron chi connectivity index (χ1n) is 11.0. The van der Waals surface area contributed by atoms with Gasteiger partial charge in [0.05, 0.1) is 29.0 Å². The fraction of sp³-hybridized carbons (Fsp3) is 0.409. The zero-order valence-corrected chi connectivity index (χ0v) is 21.2. The summed E-state index contributed by atoms with van der Waals surface area (Å²) in [4.78, 5) is 61.6. The van der Waals surface area contributed by atoms with Gasteiger partial charge in [0.25, 0.3) is 5.69 Å². The smallest absolute Gasteiger partial charge is 0.372 e. The highest BCUT2D eigenvalue weighted by molar-refractivity contribution is 7.94. The summed E-state index contributed by atoms with van der Waals surface area (Å²) in [5.74, 6) is -2.90. The van der Waals surface area contributed by atoms with Crippen LogP contribution in [0.15, 0.2) is 30.6 Å².